The molecule has 5 nitrogen and oxygen atoms in total. The first kappa shape index (κ1) is 13.2. The molecular weight excluding hydrogens is 230 g/mol. The van der Waals surface area contributed by atoms with Gasteiger partial charge in [-0.1, -0.05) is 6.08 Å². The molecule has 1 aliphatic heterocycles. The maximum atomic E-state index is 11.8. The maximum Gasteiger partial charge on any atom is 0.307 e. The molecule has 1 N–H and O–H groups in total. The van der Waals surface area contributed by atoms with Gasteiger partial charge in [0.15, 0.2) is 0 Å². The van der Waals surface area contributed by atoms with E-state index in [9.17, 15) is 13.2 Å². The smallest absolute Gasteiger partial charge is 0.307 e. The predicted molar refractivity (Wildman–Crippen MR) is 60.5 cm³/mol. The summed E-state index contributed by atoms with van der Waals surface area (Å²) in [6.45, 7) is 3.97. The van der Waals surface area contributed by atoms with Crippen LogP contribution >= 0.6 is 0 Å². The zero-order chi connectivity index (χ0) is 12.2. The third kappa shape index (κ3) is 3.31. The van der Waals surface area contributed by atoms with E-state index in [1.165, 1.54) is 4.31 Å². The third-order valence-corrected chi connectivity index (χ3v) is 4.63. The molecule has 0 amide bonds. The lowest BCUT2D eigenvalue weighted by Crippen LogP contribution is -2.32. The normalized spacial score (nSPS) is 22.1. The summed E-state index contributed by atoms with van der Waals surface area (Å²) in [6, 6.07) is 0. The van der Waals surface area contributed by atoms with E-state index >= 15 is 0 Å². The van der Waals surface area contributed by atoms with Crippen LogP contribution in [0.5, 0.6) is 0 Å². The second kappa shape index (κ2) is 5.45. The Morgan fingerprint density at radius 2 is 2.25 bits per heavy atom. The van der Waals surface area contributed by atoms with Crippen LogP contribution in [0, 0.1) is 5.92 Å². The summed E-state index contributed by atoms with van der Waals surface area (Å²) < 4.78 is 24.8. The van der Waals surface area contributed by atoms with Crippen molar-refractivity contribution in [3.8, 4) is 0 Å². The molecular formula is C10H17NO4S. The molecule has 0 radical (unpaired) electrons. The van der Waals surface area contributed by atoms with Gasteiger partial charge in [-0.05, 0) is 19.3 Å². The first-order valence-electron chi connectivity index (χ1n) is 5.29. The molecule has 0 saturated carbocycles. The summed E-state index contributed by atoms with van der Waals surface area (Å²) in [5, 5.41) is 8.78. The molecule has 0 aromatic carbocycles. The van der Waals surface area contributed by atoms with Crippen LogP contribution in [0.15, 0.2) is 12.7 Å². The van der Waals surface area contributed by atoms with Crippen LogP contribution < -0.4 is 0 Å². The number of unbranched alkanes of at least 4 members (excludes halogenated alkanes) is 1. The molecule has 1 fully saturated rings. The fourth-order valence-corrected chi connectivity index (χ4v) is 3.30. The summed E-state index contributed by atoms with van der Waals surface area (Å²) in [7, 11) is -3.28. The summed E-state index contributed by atoms with van der Waals surface area (Å²) in [6.07, 6.45) is 3.30. The fourth-order valence-electron chi connectivity index (χ4n) is 1.72. The summed E-state index contributed by atoms with van der Waals surface area (Å²) in [5.74, 6) is -1.39. The Hall–Kier alpha value is -0.880. The van der Waals surface area contributed by atoms with Crippen molar-refractivity contribution in [2.45, 2.75) is 19.3 Å². The second-order valence-corrected chi connectivity index (χ2v) is 6.02. The lowest BCUT2D eigenvalue weighted by molar-refractivity contribution is -0.141. The zero-order valence-electron chi connectivity index (χ0n) is 9.13. The lowest BCUT2D eigenvalue weighted by atomic mass is 10.1. The van der Waals surface area contributed by atoms with Gasteiger partial charge in [0.05, 0.1) is 11.7 Å². The highest BCUT2D eigenvalue weighted by molar-refractivity contribution is 7.89. The lowest BCUT2D eigenvalue weighted by Gasteiger charge is -2.15. The van der Waals surface area contributed by atoms with Crippen LogP contribution in [0.3, 0.4) is 0 Å². The monoisotopic (exact) mass is 247 g/mol. The van der Waals surface area contributed by atoms with Gasteiger partial charge in [0, 0.05) is 13.1 Å². The number of allylic oxidation sites excluding steroid dienone is 1. The standard InChI is InChI=1S/C10H17NO4S/c1-2-3-4-7-16(14,15)11-6-5-9(8-11)10(12)13/h2,9H,1,3-8H2,(H,12,13). The van der Waals surface area contributed by atoms with Crippen molar-refractivity contribution in [2.24, 2.45) is 5.92 Å². The first-order valence-corrected chi connectivity index (χ1v) is 6.90. The number of carboxylic acid groups (broad SMARTS) is 1. The van der Waals surface area contributed by atoms with Crippen molar-refractivity contribution < 1.29 is 18.3 Å². The van der Waals surface area contributed by atoms with E-state index in [1.807, 2.05) is 0 Å². The van der Waals surface area contributed by atoms with Gasteiger partial charge in [0.2, 0.25) is 10.0 Å². The summed E-state index contributed by atoms with van der Waals surface area (Å²) in [4.78, 5) is 10.7. The highest BCUT2D eigenvalue weighted by atomic mass is 32.2. The van der Waals surface area contributed by atoms with Gasteiger partial charge in [-0.3, -0.25) is 4.79 Å². The van der Waals surface area contributed by atoms with Crippen LogP contribution in [-0.4, -0.2) is 42.6 Å². The molecule has 0 spiro atoms. The third-order valence-electron chi connectivity index (χ3n) is 2.70. The molecule has 0 bridgehead atoms. The van der Waals surface area contributed by atoms with Crippen LogP contribution in [0.4, 0.5) is 0 Å². The number of aliphatic carboxylic acids is 1. The number of carbonyl (C=O) groups is 1. The van der Waals surface area contributed by atoms with E-state index in [-0.39, 0.29) is 12.3 Å². The van der Waals surface area contributed by atoms with E-state index in [4.69, 9.17) is 5.11 Å². The number of rotatable bonds is 6. The van der Waals surface area contributed by atoms with Gasteiger partial charge in [-0.15, -0.1) is 6.58 Å². The van der Waals surface area contributed by atoms with Gasteiger partial charge < -0.3 is 5.11 Å². The Morgan fingerprint density at radius 1 is 1.56 bits per heavy atom. The van der Waals surface area contributed by atoms with Crippen LogP contribution in [0.1, 0.15) is 19.3 Å². The van der Waals surface area contributed by atoms with Crippen LogP contribution in [0.2, 0.25) is 0 Å². The number of carboxylic acids is 1. The van der Waals surface area contributed by atoms with E-state index < -0.39 is 21.9 Å². The van der Waals surface area contributed by atoms with E-state index in [0.29, 0.717) is 25.8 Å². The van der Waals surface area contributed by atoms with Crippen LogP contribution in [-0.2, 0) is 14.8 Å². The maximum absolute atomic E-state index is 11.8. The van der Waals surface area contributed by atoms with Crippen molar-refractivity contribution in [1.29, 1.82) is 0 Å². The van der Waals surface area contributed by atoms with Gasteiger partial charge in [0.25, 0.3) is 0 Å². The number of hydrogen-bond donors (Lipinski definition) is 1. The van der Waals surface area contributed by atoms with E-state index in [1.54, 1.807) is 6.08 Å². The van der Waals surface area contributed by atoms with E-state index in [0.717, 1.165) is 0 Å². The highest BCUT2D eigenvalue weighted by Gasteiger charge is 2.34. The molecule has 1 rings (SSSR count). The Balaban J connectivity index is 2.51. The number of sulfonamides is 1. The highest BCUT2D eigenvalue weighted by Crippen LogP contribution is 2.20. The molecule has 0 aliphatic carbocycles. The van der Waals surface area contributed by atoms with Gasteiger partial charge in [0.1, 0.15) is 0 Å². The van der Waals surface area contributed by atoms with Crippen molar-refractivity contribution >= 4 is 16.0 Å². The van der Waals surface area contributed by atoms with Crippen molar-refractivity contribution in [3.63, 3.8) is 0 Å². The first-order chi connectivity index (χ1) is 7.47. The molecule has 1 aliphatic rings. The molecule has 1 unspecified atom stereocenters. The zero-order valence-corrected chi connectivity index (χ0v) is 9.95. The topological polar surface area (TPSA) is 74.7 Å². The molecule has 92 valence electrons. The molecule has 1 heterocycles. The minimum absolute atomic E-state index is 0.0748. The van der Waals surface area contributed by atoms with Crippen molar-refractivity contribution in [3.05, 3.63) is 12.7 Å². The number of nitrogens with zero attached hydrogens (tertiary/aromatic N) is 1. The van der Waals surface area contributed by atoms with Crippen LogP contribution in [0.25, 0.3) is 0 Å². The minimum Gasteiger partial charge on any atom is -0.481 e. The number of hydrogen-bond acceptors (Lipinski definition) is 3. The van der Waals surface area contributed by atoms with Crippen molar-refractivity contribution in [2.75, 3.05) is 18.8 Å². The molecule has 0 aromatic heterocycles. The predicted octanol–water partition coefficient (Wildman–Crippen LogP) is 0.689. The van der Waals surface area contributed by atoms with Gasteiger partial charge >= 0.3 is 5.97 Å². The minimum atomic E-state index is -3.28. The van der Waals surface area contributed by atoms with Gasteiger partial charge in [-0.25, -0.2) is 12.7 Å². The largest absolute Gasteiger partial charge is 0.481 e. The summed E-state index contributed by atoms with van der Waals surface area (Å²) >= 11 is 0. The molecule has 1 saturated heterocycles. The summed E-state index contributed by atoms with van der Waals surface area (Å²) in [5.41, 5.74) is 0. The molecule has 6 heteroatoms. The quantitative estimate of drug-likeness (QED) is 0.553. The Bertz CT molecular complexity index is 363. The molecule has 0 aromatic rings. The van der Waals surface area contributed by atoms with Crippen molar-refractivity contribution in [1.82, 2.24) is 4.31 Å². The average Bonchev–Trinajstić information content (AvgIpc) is 2.67. The fraction of sp³-hybridized carbons (Fsp3) is 0.700. The van der Waals surface area contributed by atoms with E-state index in [2.05, 4.69) is 6.58 Å². The average molecular weight is 247 g/mol. The second-order valence-electron chi connectivity index (χ2n) is 3.93. The SMILES string of the molecule is C=CCCCS(=O)(=O)N1CCC(C(=O)O)C1. The molecule has 1 atom stereocenters. The molecule has 16 heavy (non-hydrogen) atoms. The Labute approximate surface area is 95.8 Å². The van der Waals surface area contributed by atoms with Gasteiger partial charge in [-0.2, -0.15) is 0 Å². The Kier molecular flexibility index (Phi) is 4.49. The Morgan fingerprint density at radius 3 is 2.75 bits per heavy atom.